The summed E-state index contributed by atoms with van der Waals surface area (Å²) in [6.45, 7) is 4.04. The number of alkyl halides is 1. The first kappa shape index (κ1) is 10.9. The largest absolute Gasteiger partial charge is 0.303 e. The van der Waals surface area contributed by atoms with Gasteiger partial charge in [0.1, 0.15) is 0 Å². The van der Waals surface area contributed by atoms with Gasteiger partial charge in [0.05, 0.1) is 0 Å². The minimum Gasteiger partial charge on any atom is -0.303 e. The molecule has 2 heteroatoms. The number of hydrogen-bond donors (Lipinski definition) is 0. The highest BCUT2D eigenvalue weighted by Gasteiger charge is 2.36. The quantitative estimate of drug-likeness (QED) is 0.703. The maximum absolute atomic E-state index is 3.51. The molecule has 1 spiro atoms. The van der Waals surface area contributed by atoms with E-state index >= 15 is 0 Å². The summed E-state index contributed by atoms with van der Waals surface area (Å²) >= 11 is 3.51. The monoisotopic (exact) mass is 259 g/mol. The Bertz CT molecular complexity index is 165. The molecule has 0 radical (unpaired) electrons. The number of rotatable bonds is 3. The van der Waals surface area contributed by atoms with Gasteiger partial charge < -0.3 is 4.90 Å². The number of hydrogen-bond acceptors (Lipinski definition) is 1. The van der Waals surface area contributed by atoms with Crippen molar-refractivity contribution in [1.29, 1.82) is 0 Å². The highest BCUT2D eigenvalue weighted by molar-refractivity contribution is 9.09. The Morgan fingerprint density at radius 1 is 1.00 bits per heavy atom. The van der Waals surface area contributed by atoms with Gasteiger partial charge in [-0.2, -0.15) is 0 Å². The zero-order valence-corrected chi connectivity index (χ0v) is 10.7. The Labute approximate surface area is 96.4 Å². The van der Waals surface area contributed by atoms with E-state index in [1.807, 2.05) is 0 Å². The molecule has 1 nitrogen and oxygen atoms in total. The fourth-order valence-electron chi connectivity index (χ4n) is 3.16. The van der Waals surface area contributed by atoms with E-state index < -0.39 is 0 Å². The average Bonchev–Trinajstić information content (AvgIpc) is 2.66. The van der Waals surface area contributed by atoms with Crippen molar-refractivity contribution in [3.8, 4) is 0 Å². The number of halogens is 1. The summed E-state index contributed by atoms with van der Waals surface area (Å²) in [6.07, 6.45) is 10.3. The van der Waals surface area contributed by atoms with Crippen LogP contribution >= 0.6 is 15.9 Å². The first-order valence-corrected chi connectivity index (χ1v) is 7.25. The summed E-state index contributed by atoms with van der Waals surface area (Å²) in [5, 5.41) is 1.16. The molecule has 2 aliphatic rings. The lowest BCUT2D eigenvalue weighted by atomic mass is 9.77. The summed E-state index contributed by atoms with van der Waals surface area (Å²) in [6, 6.07) is 0. The van der Waals surface area contributed by atoms with Crippen molar-refractivity contribution in [3.63, 3.8) is 0 Å². The highest BCUT2D eigenvalue weighted by Crippen LogP contribution is 2.45. The summed E-state index contributed by atoms with van der Waals surface area (Å²) in [4.78, 5) is 2.66. The first-order valence-electron chi connectivity index (χ1n) is 6.13. The van der Waals surface area contributed by atoms with Gasteiger partial charge in [-0.05, 0) is 57.2 Å². The number of nitrogens with zero attached hydrogens (tertiary/aromatic N) is 1. The molecule has 1 saturated heterocycles. The number of piperidine rings is 1. The van der Waals surface area contributed by atoms with E-state index in [-0.39, 0.29) is 0 Å². The molecule has 1 aliphatic heterocycles. The van der Waals surface area contributed by atoms with Crippen molar-refractivity contribution in [2.24, 2.45) is 5.41 Å². The molecule has 0 aromatic carbocycles. The predicted octanol–water partition coefficient (Wildman–Crippen LogP) is 3.43. The summed E-state index contributed by atoms with van der Waals surface area (Å²) in [7, 11) is 0. The van der Waals surface area contributed by atoms with Crippen molar-refractivity contribution >= 4 is 15.9 Å². The molecule has 0 unspecified atom stereocenters. The van der Waals surface area contributed by atoms with Crippen LogP contribution in [0.15, 0.2) is 0 Å². The third-order valence-electron chi connectivity index (χ3n) is 4.19. The Hall–Kier alpha value is 0.440. The third kappa shape index (κ3) is 2.52. The van der Waals surface area contributed by atoms with Gasteiger partial charge in [-0.25, -0.2) is 0 Å². The van der Waals surface area contributed by atoms with E-state index in [9.17, 15) is 0 Å². The van der Waals surface area contributed by atoms with Crippen LogP contribution in [0.4, 0.5) is 0 Å². The van der Waals surface area contributed by atoms with Crippen LogP contribution in [-0.2, 0) is 0 Å². The van der Waals surface area contributed by atoms with Crippen LogP contribution in [0.1, 0.15) is 44.9 Å². The molecule has 0 N–H and O–H groups in total. The van der Waals surface area contributed by atoms with Crippen molar-refractivity contribution < 1.29 is 0 Å². The van der Waals surface area contributed by atoms with E-state index in [2.05, 4.69) is 20.8 Å². The van der Waals surface area contributed by atoms with Crippen LogP contribution in [0.5, 0.6) is 0 Å². The lowest BCUT2D eigenvalue weighted by Gasteiger charge is -2.39. The molecule has 0 bridgehead atoms. The maximum Gasteiger partial charge on any atom is 0.00434 e. The lowest BCUT2D eigenvalue weighted by molar-refractivity contribution is 0.109. The SMILES string of the molecule is BrCCCN1CCC2(CCCC2)CC1. The minimum absolute atomic E-state index is 0.797. The van der Waals surface area contributed by atoms with E-state index in [4.69, 9.17) is 0 Å². The molecule has 0 amide bonds. The first-order chi connectivity index (χ1) is 6.85. The Balaban J connectivity index is 1.74. The van der Waals surface area contributed by atoms with Gasteiger partial charge in [0.25, 0.3) is 0 Å². The standard InChI is InChI=1S/C12H22BrN/c13-8-3-9-14-10-6-12(7-11-14)4-1-2-5-12/h1-11H2. The van der Waals surface area contributed by atoms with Gasteiger partial charge in [0, 0.05) is 5.33 Å². The Morgan fingerprint density at radius 2 is 1.64 bits per heavy atom. The molecule has 2 fully saturated rings. The van der Waals surface area contributed by atoms with Gasteiger partial charge in [-0.3, -0.25) is 0 Å². The topological polar surface area (TPSA) is 3.24 Å². The molecule has 2 rings (SSSR count). The highest BCUT2D eigenvalue weighted by atomic mass is 79.9. The van der Waals surface area contributed by atoms with E-state index in [1.165, 1.54) is 64.6 Å². The van der Waals surface area contributed by atoms with Crippen molar-refractivity contribution in [2.75, 3.05) is 25.0 Å². The zero-order valence-electron chi connectivity index (χ0n) is 9.10. The van der Waals surface area contributed by atoms with Crippen LogP contribution in [0.2, 0.25) is 0 Å². The molecule has 0 aromatic rings. The second kappa shape index (κ2) is 4.98. The summed E-state index contributed by atoms with van der Waals surface area (Å²) in [5.74, 6) is 0. The molecule has 14 heavy (non-hydrogen) atoms. The molecular weight excluding hydrogens is 238 g/mol. The van der Waals surface area contributed by atoms with Gasteiger partial charge in [-0.1, -0.05) is 28.8 Å². The average molecular weight is 260 g/mol. The van der Waals surface area contributed by atoms with Gasteiger partial charge in [-0.15, -0.1) is 0 Å². The smallest absolute Gasteiger partial charge is 0.00434 e. The van der Waals surface area contributed by atoms with Crippen LogP contribution in [0.25, 0.3) is 0 Å². The summed E-state index contributed by atoms with van der Waals surface area (Å²) < 4.78 is 0. The zero-order chi connectivity index (χ0) is 9.86. The van der Waals surface area contributed by atoms with Crippen LogP contribution in [0, 0.1) is 5.41 Å². The Kier molecular flexibility index (Phi) is 3.89. The molecule has 82 valence electrons. The fraction of sp³-hybridized carbons (Fsp3) is 1.00. The van der Waals surface area contributed by atoms with Crippen LogP contribution in [0.3, 0.4) is 0 Å². The third-order valence-corrected chi connectivity index (χ3v) is 4.75. The molecule has 1 saturated carbocycles. The van der Waals surface area contributed by atoms with Crippen LogP contribution < -0.4 is 0 Å². The normalized spacial score (nSPS) is 27.2. The molecule has 0 aromatic heterocycles. The molecular formula is C12H22BrN. The van der Waals surface area contributed by atoms with Crippen molar-refractivity contribution in [1.82, 2.24) is 4.90 Å². The fourth-order valence-corrected chi connectivity index (χ4v) is 3.41. The lowest BCUT2D eigenvalue weighted by Crippen LogP contribution is -2.39. The molecule has 0 atom stereocenters. The Morgan fingerprint density at radius 3 is 2.21 bits per heavy atom. The molecule has 1 heterocycles. The van der Waals surface area contributed by atoms with E-state index in [0.717, 1.165) is 10.7 Å². The minimum atomic E-state index is 0.797. The molecule has 1 aliphatic carbocycles. The second-order valence-corrected chi connectivity index (χ2v) is 5.88. The van der Waals surface area contributed by atoms with Gasteiger partial charge in [0.15, 0.2) is 0 Å². The number of likely N-dealkylation sites (tertiary alicyclic amines) is 1. The van der Waals surface area contributed by atoms with Gasteiger partial charge in [0.2, 0.25) is 0 Å². The van der Waals surface area contributed by atoms with Crippen molar-refractivity contribution in [3.05, 3.63) is 0 Å². The maximum atomic E-state index is 3.51. The second-order valence-electron chi connectivity index (χ2n) is 5.09. The van der Waals surface area contributed by atoms with E-state index in [0.29, 0.717) is 0 Å². The van der Waals surface area contributed by atoms with Crippen molar-refractivity contribution in [2.45, 2.75) is 44.9 Å². The summed E-state index contributed by atoms with van der Waals surface area (Å²) in [5.41, 5.74) is 0.797. The van der Waals surface area contributed by atoms with Crippen LogP contribution in [-0.4, -0.2) is 29.9 Å². The van der Waals surface area contributed by atoms with E-state index in [1.54, 1.807) is 0 Å². The van der Waals surface area contributed by atoms with Gasteiger partial charge >= 0.3 is 0 Å². The predicted molar refractivity (Wildman–Crippen MR) is 65.0 cm³/mol.